The summed E-state index contributed by atoms with van der Waals surface area (Å²) in [5.41, 5.74) is 5.69. The molecule has 0 atom stereocenters. The van der Waals surface area contributed by atoms with E-state index < -0.39 is 10.0 Å². The summed E-state index contributed by atoms with van der Waals surface area (Å²) in [6, 6.07) is 0. The number of nitrogens with zero attached hydrogens (tertiary/aromatic N) is 2. The fourth-order valence-corrected chi connectivity index (χ4v) is 1.51. The standard InChI is InChI=1S/C8H20N4O2S.HI/c1-4-12(5-2)8(9)10-6-7-11-15(3,13)14;/h11H,4-7H2,1-3H3,(H2,9,10);1H. The molecule has 0 aliphatic carbocycles. The molecule has 8 heteroatoms. The lowest BCUT2D eigenvalue weighted by atomic mass is 10.5. The summed E-state index contributed by atoms with van der Waals surface area (Å²) < 4.78 is 23.8. The van der Waals surface area contributed by atoms with E-state index in [0.717, 1.165) is 19.3 Å². The van der Waals surface area contributed by atoms with Gasteiger partial charge in [-0.1, -0.05) is 0 Å². The smallest absolute Gasteiger partial charge is 0.208 e. The summed E-state index contributed by atoms with van der Waals surface area (Å²) in [5, 5.41) is 0. The van der Waals surface area contributed by atoms with Crippen LogP contribution in [0.15, 0.2) is 4.99 Å². The van der Waals surface area contributed by atoms with Gasteiger partial charge in [0.25, 0.3) is 0 Å². The summed E-state index contributed by atoms with van der Waals surface area (Å²) >= 11 is 0. The predicted octanol–water partition coefficient (Wildman–Crippen LogP) is -0.190. The van der Waals surface area contributed by atoms with Gasteiger partial charge in [-0.2, -0.15) is 0 Å². The Morgan fingerprint density at radius 1 is 1.38 bits per heavy atom. The van der Waals surface area contributed by atoms with E-state index in [4.69, 9.17) is 5.73 Å². The van der Waals surface area contributed by atoms with Crippen LogP contribution < -0.4 is 10.5 Å². The van der Waals surface area contributed by atoms with Crippen molar-refractivity contribution in [1.29, 1.82) is 0 Å². The second-order valence-corrected chi connectivity index (χ2v) is 4.91. The molecule has 6 nitrogen and oxygen atoms in total. The Kier molecular flexibility index (Phi) is 10.3. The number of hydrogen-bond donors (Lipinski definition) is 2. The van der Waals surface area contributed by atoms with Crippen LogP contribution in [0.2, 0.25) is 0 Å². The van der Waals surface area contributed by atoms with Gasteiger partial charge in [0.2, 0.25) is 10.0 Å². The molecule has 0 heterocycles. The summed E-state index contributed by atoms with van der Waals surface area (Å²) in [6.07, 6.45) is 1.12. The number of nitrogens with two attached hydrogens (primary N) is 1. The van der Waals surface area contributed by atoms with Crippen LogP contribution in [0.5, 0.6) is 0 Å². The third kappa shape index (κ3) is 9.16. The van der Waals surface area contributed by atoms with Crippen LogP contribution in [0.3, 0.4) is 0 Å². The van der Waals surface area contributed by atoms with Gasteiger partial charge in [0.05, 0.1) is 12.8 Å². The van der Waals surface area contributed by atoms with Crippen molar-refractivity contribution < 1.29 is 8.42 Å². The van der Waals surface area contributed by atoms with Gasteiger partial charge in [-0.25, -0.2) is 13.1 Å². The first-order valence-corrected chi connectivity index (χ1v) is 6.79. The summed E-state index contributed by atoms with van der Waals surface area (Å²) in [5.74, 6) is 0.454. The average molecular weight is 364 g/mol. The van der Waals surface area contributed by atoms with E-state index in [1.54, 1.807) is 0 Å². The maximum absolute atomic E-state index is 10.7. The van der Waals surface area contributed by atoms with Gasteiger partial charge in [0.1, 0.15) is 0 Å². The zero-order valence-corrected chi connectivity index (χ0v) is 13.1. The minimum Gasteiger partial charge on any atom is -0.370 e. The molecule has 0 amide bonds. The molecular formula is C8H21IN4O2S. The quantitative estimate of drug-likeness (QED) is 0.296. The van der Waals surface area contributed by atoms with Crippen LogP contribution >= 0.6 is 24.0 Å². The molecule has 3 N–H and O–H groups in total. The molecule has 16 heavy (non-hydrogen) atoms. The molecule has 0 aliphatic rings. The highest BCUT2D eigenvalue weighted by molar-refractivity contribution is 14.0. The van der Waals surface area contributed by atoms with E-state index in [2.05, 4.69) is 9.71 Å². The first-order valence-electron chi connectivity index (χ1n) is 4.90. The number of rotatable bonds is 6. The van der Waals surface area contributed by atoms with Gasteiger partial charge in [0, 0.05) is 19.6 Å². The van der Waals surface area contributed by atoms with Crippen LogP contribution in [-0.2, 0) is 10.0 Å². The van der Waals surface area contributed by atoms with Crippen molar-refractivity contribution in [3.8, 4) is 0 Å². The highest BCUT2D eigenvalue weighted by Crippen LogP contribution is 1.86. The van der Waals surface area contributed by atoms with Crippen LogP contribution in [-0.4, -0.2) is 51.7 Å². The molecule has 0 radical (unpaired) electrons. The first-order chi connectivity index (χ1) is 6.90. The Morgan fingerprint density at radius 3 is 2.25 bits per heavy atom. The maximum atomic E-state index is 10.7. The van der Waals surface area contributed by atoms with Crippen molar-refractivity contribution in [2.75, 3.05) is 32.4 Å². The number of hydrogen-bond acceptors (Lipinski definition) is 3. The van der Waals surface area contributed by atoms with Crippen molar-refractivity contribution in [3.63, 3.8) is 0 Å². The van der Waals surface area contributed by atoms with E-state index in [-0.39, 0.29) is 30.5 Å². The van der Waals surface area contributed by atoms with Crippen molar-refractivity contribution in [1.82, 2.24) is 9.62 Å². The molecule has 0 saturated carbocycles. The van der Waals surface area contributed by atoms with Gasteiger partial charge >= 0.3 is 0 Å². The predicted molar refractivity (Wildman–Crippen MR) is 77.7 cm³/mol. The molecule has 0 spiro atoms. The van der Waals surface area contributed by atoms with Crippen molar-refractivity contribution >= 4 is 40.0 Å². The molecule has 0 rings (SSSR count). The Balaban J connectivity index is 0. The lowest BCUT2D eigenvalue weighted by Crippen LogP contribution is -2.37. The molecule has 0 aromatic rings. The number of halogens is 1. The largest absolute Gasteiger partial charge is 0.370 e. The number of guanidine groups is 1. The summed E-state index contributed by atoms with van der Waals surface area (Å²) in [7, 11) is -3.13. The van der Waals surface area contributed by atoms with Crippen molar-refractivity contribution in [2.24, 2.45) is 10.7 Å². The van der Waals surface area contributed by atoms with Crippen LogP contribution in [0.25, 0.3) is 0 Å². The van der Waals surface area contributed by atoms with E-state index >= 15 is 0 Å². The number of sulfonamides is 1. The van der Waals surface area contributed by atoms with Gasteiger partial charge in [-0.05, 0) is 13.8 Å². The second-order valence-electron chi connectivity index (χ2n) is 3.08. The maximum Gasteiger partial charge on any atom is 0.208 e. The van der Waals surface area contributed by atoms with Crippen LogP contribution in [0.1, 0.15) is 13.8 Å². The van der Waals surface area contributed by atoms with E-state index in [9.17, 15) is 8.42 Å². The molecule has 0 aliphatic heterocycles. The second kappa shape index (κ2) is 8.99. The minimum atomic E-state index is -3.13. The molecule has 0 saturated heterocycles. The highest BCUT2D eigenvalue weighted by atomic mass is 127. The fourth-order valence-electron chi connectivity index (χ4n) is 1.05. The highest BCUT2D eigenvalue weighted by Gasteiger charge is 2.02. The monoisotopic (exact) mass is 364 g/mol. The van der Waals surface area contributed by atoms with Gasteiger partial charge < -0.3 is 10.6 Å². The Morgan fingerprint density at radius 2 is 1.88 bits per heavy atom. The third-order valence-electron chi connectivity index (χ3n) is 1.84. The zero-order valence-electron chi connectivity index (χ0n) is 9.93. The molecule has 0 aromatic carbocycles. The van der Waals surface area contributed by atoms with Crippen molar-refractivity contribution in [3.05, 3.63) is 0 Å². The molecule has 0 aromatic heterocycles. The van der Waals surface area contributed by atoms with E-state index in [1.807, 2.05) is 18.7 Å². The molecule has 0 bridgehead atoms. The van der Waals surface area contributed by atoms with Gasteiger partial charge in [-0.3, -0.25) is 4.99 Å². The van der Waals surface area contributed by atoms with E-state index in [1.165, 1.54) is 0 Å². The zero-order chi connectivity index (χ0) is 11.9. The van der Waals surface area contributed by atoms with Gasteiger partial charge in [-0.15, -0.1) is 24.0 Å². The molecule has 98 valence electrons. The summed E-state index contributed by atoms with van der Waals surface area (Å²) in [6.45, 7) is 6.20. The Labute approximate surface area is 115 Å². The normalized spacial score (nSPS) is 12.1. The average Bonchev–Trinajstić information content (AvgIpc) is 2.13. The topological polar surface area (TPSA) is 87.8 Å². The lowest BCUT2D eigenvalue weighted by molar-refractivity contribution is 0.458. The van der Waals surface area contributed by atoms with Crippen LogP contribution in [0.4, 0.5) is 0 Å². The molecular weight excluding hydrogens is 343 g/mol. The molecule has 0 fully saturated rings. The lowest BCUT2D eigenvalue weighted by Gasteiger charge is -2.19. The Hall–Kier alpha value is -0.0900. The third-order valence-corrected chi connectivity index (χ3v) is 2.57. The van der Waals surface area contributed by atoms with Gasteiger partial charge in [0.15, 0.2) is 5.96 Å². The SMILES string of the molecule is CCN(CC)C(N)=NCCNS(C)(=O)=O.I. The van der Waals surface area contributed by atoms with E-state index in [0.29, 0.717) is 12.5 Å². The first kappa shape index (κ1) is 18.3. The fraction of sp³-hybridized carbons (Fsp3) is 0.875. The Bertz CT molecular complexity index is 301. The number of nitrogens with one attached hydrogen (secondary N) is 1. The minimum absolute atomic E-state index is 0. The molecule has 0 unspecified atom stereocenters. The summed E-state index contributed by atoms with van der Waals surface area (Å²) in [4.78, 5) is 5.97. The van der Waals surface area contributed by atoms with Crippen molar-refractivity contribution in [2.45, 2.75) is 13.8 Å². The number of aliphatic imine (C=N–C) groups is 1. The van der Waals surface area contributed by atoms with Crippen LogP contribution in [0, 0.1) is 0 Å².